The molecule has 4 aliphatic rings. The lowest BCUT2D eigenvalue weighted by atomic mass is 9.44. The summed E-state index contributed by atoms with van der Waals surface area (Å²) in [6, 6.07) is 0.113. The van der Waals surface area contributed by atoms with Crippen LogP contribution in [0.1, 0.15) is 79.1 Å². The summed E-state index contributed by atoms with van der Waals surface area (Å²) in [6.45, 7) is 12.9. The molecule has 0 amide bonds. The second kappa shape index (κ2) is 6.75. The van der Waals surface area contributed by atoms with Crippen LogP contribution >= 0.6 is 0 Å². The van der Waals surface area contributed by atoms with Crippen LogP contribution in [0.5, 0.6) is 0 Å². The van der Waals surface area contributed by atoms with Crippen LogP contribution in [0, 0.1) is 34.5 Å². The van der Waals surface area contributed by atoms with Crippen LogP contribution in [0.2, 0.25) is 0 Å². The predicted octanol–water partition coefficient (Wildman–Crippen LogP) is 5.99. The average Bonchev–Trinajstić information content (AvgIpc) is 2.90. The van der Waals surface area contributed by atoms with Gasteiger partial charge >= 0.3 is 0 Å². The summed E-state index contributed by atoms with van der Waals surface area (Å²) < 4.78 is 6.35. The number of hydrogen-bond acceptors (Lipinski definition) is 3. The van der Waals surface area contributed by atoms with Crippen LogP contribution in [0.25, 0.3) is 10.4 Å². The molecule has 4 aliphatic carbocycles. The molecular formula is C23H37N3O2. The monoisotopic (exact) mass is 387 g/mol. The predicted molar refractivity (Wildman–Crippen MR) is 110 cm³/mol. The number of hydrogen-bond donors (Lipinski definition) is 1. The molecule has 1 N–H and O–H groups in total. The highest BCUT2D eigenvalue weighted by atomic mass is 16.6. The minimum atomic E-state index is -1.12. The van der Waals surface area contributed by atoms with Crippen molar-refractivity contribution in [2.75, 3.05) is 0 Å². The topological polar surface area (TPSA) is 78.2 Å². The summed E-state index contributed by atoms with van der Waals surface area (Å²) in [6.07, 6.45) is 8.96. The second-order valence-corrected chi connectivity index (χ2v) is 11.1. The molecule has 156 valence electrons. The first-order valence-corrected chi connectivity index (χ1v) is 11.2. The first kappa shape index (κ1) is 20.3. The second-order valence-electron chi connectivity index (χ2n) is 11.1. The maximum atomic E-state index is 10.5. The molecule has 0 bridgehead atoms. The third-order valence-corrected chi connectivity index (χ3v) is 9.24. The van der Waals surface area contributed by atoms with Crippen LogP contribution in [-0.2, 0) is 4.74 Å². The lowest BCUT2D eigenvalue weighted by Gasteiger charge is -2.62. The van der Waals surface area contributed by atoms with E-state index in [1.54, 1.807) is 13.8 Å². The Balaban J connectivity index is 1.70. The molecule has 0 aromatic rings. The molecule has 0 spiro atoms. The van der Waals surface area contributed by atoms with Gasteiger partial charge in [0, 0.05) is 11.0 Å². The molecule has 4 rings (SSSR count). The number of nitrogens with zero attached hydrogens (tertiary/aromatic N) is 3. The Morgan fingerprint density at radius 2 is 1.93 bits per heavy atom. The number of allylic oxidation sites excluding steroid dienone is 1. The third-order valence-electron chi connectivity index (χ3n) is 9.24. The molecule has 8 atom stereocenters. The molecule has 4 saturated carbocycles. The van der Waals surface area contributed by atoms with Crippen LogP contribution in [-0.4, -0.2) is 23.0 Å². The summed E-state index contributed by atoms with van der Waals surface area (Å²) in [5, 5.41) is 14.6. The van der Waals surface area contributed by atoms with Crippen molar-refractivity contribution in [3.05, 3.63) is 22.6 Å². The van der Waals surface area contributed by atoms with Crippen LogP contribution in [0.3, 0.4) is 0 Å². The SMILES string of the molecule is C=C1CCC2C3C(CC[C@]12C)[C@@]1(C)CC[C@@H](N=[N+]=[N-])CC1C[C@@H]3OC(C)(C)O. The van der Waals surface area contributed by atoms with Crippen molar-refractivity contribution in [1.82, 2.24) is 0 Å². The van der Waals surface area contributed by atoms with E-state index in [0.29, 0.717) is 23.7 Å². The fourth-order valence-electron chi connectivity index (χ4n) is 7.75. The van der Waals surface area contributed by atoms with Gasteiger partial charge in [-0.3, -0.25) is 0 Å². The van der Waals surface area contributed by atoms with Gasteiger partial charge in [-0.15, -0.1) is 0 Å². The van der Waals surface area contributed by atoms with Gasteiger partial charge in [-0.05, 0) is 105 Å². The lowest BCUT2D eigenvalue weighted by molar-refractivity contribution is -0.261. The molecular weight excluding hydrogens is 350 g/mol. The van der Waals surface area contributed by atoms with Crippen LogP contribution < -0.4 is 0 Å². The van der Waals surface area contributed by atoms with Gasteiger partial charge < -0.3 is 9.84 Å². The van der Waals surface area contributed by atoms with E-state index in [2.05, 4.69) is 30.5 Å². The Kier molecular flexibility index (Phi) is 4.88. The zero-order chi connectivity index (χ0) is 20.3. The van der Waals surface area contributed by atoms with Gasteiger partial charge in [0.25, 0.3) is 0 Å². The first-order valence-electron chi connectivity index (χ1n) is 11.2. The van der Waals surface area contributed by atoms with Crippen LogP contribution in [0.15, 0.2) is 17.3 Å². The van der Waals surface area contributed by atoms with Gasteiger partial charge in [0.15, 0.2) is 5.79 Å². The standard InChI is InChI=1S/C23H37N3O2/c1-14-6-7-17-20-18(9-11-22(14,17)4)23(5)10-8-16(25-26-24)12-15(23)13-19(20)28-21(2,3)27/h15-20,27H,1,6-13H2,2-5H3/t15?,16-,17?,18?,19+,20?,22-,23+/m1/s1. The van der Waals surface area contributed by atoms with E-state index in [9.17, 15) is 5.11 Å². The van der Waals surface area contributed by atoms with E-state index in [1.807, 2.05) is 0 Å². The zero-order valence-corrected chi connectivity index (χ0v) is 18.0. The fraction of sp³-hybridized carbons (Fsp3) is 0.913. The van der Waals surface area contributed by atoms with E-state index in [-0.39, 0.29) is 23.0 Å². The minimum Gasteiger partial charge on any atom is -0.366 e. The van der Waals surface area contributed by atoms with Gasteiger partial charge in [-0.2, -0.15) is 0 Å². The summed E-state index contributed by atoms with van der Waals surface area (Å²) >= 11 is 0. The smallest absolute Gasteiger partial charge is 0.160 e. The largest absolute Gasteiger partial charge is 0.366 e. The van der Waals surface area contributed by atoms with Crippen molar-refractivity contribution < 1.29 is 9.84 Å². The van der Waals surface area contributed by atoms with Crippen molar-refractivity contribution in [2.24, 2.45) is 39.6 Å². The van der Waals surface area contributed by atoms with Crippen molar-refractivity contribution in [3.8, 4) is 0 Å². The third kappa shape index (κ3) is 3.11. The Labute approximate surface area is 169 Å². The Morgan fingerprint density at radius 1 is 1.18 bits per heavy atom. The van der Waals surface area contributed by atoms with E-state index in [1.165, 1.54) is 24.8 Å². The number of azide groups is 1. The van der Waals surface area contributed by atoms with E-state index in [4.69, 9.17) is 10.3 Å². The molecule has 0 saturated heterocycles. The summed E-state index contributed by atoms with van der Waals surface area (Å²) in [5.74, 6) is 1.10. The maximum absolute atomic E-state index is 10.5. The van der Waals surface area contributed by atoms with Gasteiger partial charge in [0.1, 0.15) is 0 Å². The lowest BCUT2D eigenvalue weighted by Crippen LogP contribution is -2.59. The highest BCUT2D eigenvalue weighted by Gasteiger charge is 2.62. The molecule has 0 aromatic heterocycles. The maximum Gasteiger partial charge on any atom is 0.160 e. The quantitative estimate of drug-likeness (QED) is 0.212. The van der Waals surface area contributed by atoms with Crippen molar-refractivity contribution >= 4 is 0 Å². The molecule has 0 aromatic carbocycles. The minimum absolute atomic E-state index is 0.0726. The van der Waals surface area contributed by atoms with Gasteiger partial charge in [0.2, 0.25) is 0 Å². The summed E-state index contributed by atoms with van der Waals surface area (Å²) in [4.78, 5) is 3.08. The van der Waals surface area contributed by atoms with Crippen molar-refractivity contribution in [3.63, 3.8) is 0 Å². The van der Waals surface area contributed by atoms with Crippen LogP contribution in [0.4, 0.5) is 0 Å². The zero-order valence-electron chi connectivity index (χ0n) is 18.0. The number of aliphatic hydroxyl groups is 1. The normalized spacial score (nSPS) is 48.2. The Morgan fingerprint density at radius 3 is 2.61 bits per heavy atom. The highest BCUT2D eigenvalue weighted by molar-refractivity contribution is 5.22. The first-order chi connectivity index (χ1) is 13.1. The van der Waals surface area contributed by atoms with Gasteiger partial charge in [0.05, 0.1) is 6.10 Å². The highest BCUT2D eigenvalue weighted by Crippen LogP contribution is 2.67. The molecule has 0 radical (unpaired) electrons. The van der Waals surface area contributed by atoms with Crippen molar-refractivity contribution in [2.45, 2.75) is 97.0 Å². The summed E-state index contributed by atoms with van der Waals surface area (Å²) in [5.41, 5.74) is 10.9. The molecule has 5 nitrogen and oxygen atoms in total. The molecule has 0 aliphatic heterocycles. The van der Waals surface area contributed by atoms with E-state index >= 15 is 0 Å². The molecule has 0 heterocycles. The van der Waals surface area contributed by atoms with Crippen molar-refractivity contribution in [1.29, 1.82) is 0 Å². The number of rotatable bonds is 3. The average molecular weight is 388 g/mol. The Bertz CT molecular complexity index is 694. The van der Waals surface area contributed by atoms with Gasteiger partial charge in [-0.25, -0.2) is 0 Å². The van der Waals surface area contributed by atoms with E-state index < -0.39 is 5.79 Å². The molecule has 5 heteroatoms. The number of ether oxygens (including phenoxy) is 1. The molecule has 4 unspecified atom stereocenters. The molecule has 4 fully saturated rings. The Hall–Kier alpha value is -1.03. The fourth-order valence-corrected chi connectivity index (χ4v) is 7.75. The number of fused-ring (bicyclic) bond motifs is 5. The van der Waals surface area contributed by atoms with E-state index in [0.717, 1.165) is 32.1 Å². The van der Waals surface area contributed by atoms with Gasteiger partial charge in [-0.1, -0.05) is 31.1 Å². The molecule has 28 heavy (non-hydrogen) atoms. The summed E-state index contributed by atoms with van der Waals surface area (Å²) in [7, 11) is 0.